The van der Waals surface area contributed by atoms with Gasteiger partial charge in [-0.25, -0.2) is 0 Å². The molecule has 0 amide bonds. The van der Waals surface area contributed by atoms with Crippen molar-refractivity contribution in [2.75, 3.05) is 19.7 Å². The third kappa shape index (κ3) is 3.94. The molecule has 0 spiro atoms. The van der Waals surface area contributed by atoms with Crippen molar-refractivity contribution in [2.24, 2.45) is 0 Å². The first-order valence-corrected chi connectivity index (χ1v) is 6.39. The molecule has 1 aliphatic heterocycles. The number of aromatic hydroxyl groups is 1. The average Bonchev–Trinajstić information content (AvgIpc) is 2.33. The van der Waals surface area contributed by atoms with Crippen LogP contribution in [0.5, 0.6) is 5.75 Å². The number of ether oxygens (including phenoxy) is 1. The van der Waals surface area contributed by atoms with E-state index in [0.717, 1.165) is 17.7 Å². The highest BCUT2D eigenvalue weighted by Gasteiger charge is 2.23. The smallest absolute Gasteiger partial charge is 0.306 e. The first-order chi connectivity index (χ1) is 9.04. The maximum Gasteiger partial charge on any atom is 0.306 e. The zero-order valence-corrected chi connectivity index (χ0v) is 11.0. The molecule has 19 heavy (non-hydrogen) atoms. The number of hydrogen-bond acceptors (Lipinski definition) is 4. The minimum absolute atomic E-state index is 0.0241. The van der Waals surface area contributed by atoms with Gasteiger partial charge in [-0.2, -0.15) is 0 Å². The van der Waals surface area contributed by atoms with Gasteiger partial charge in [-0.1, -0.05) is 17.7 Å². The van der Waals surface area contributed by atoms with E-state index in [9.17, 15) is 9.90 Å². The zero-order chi connectivity index (χ0) is 13.8. The predicted molar refractivity (Wildman–Crippen MR) is 70.1 cm³/mol. The fourth-order valence-electron chi connectivity index (χ4n) is 2.32. The standard InChI is InChI=1S/C14H19NO4/c1-10-2-3-13(16)11(6-10)8-15-4-5-19-12(9-15)7-14(17)18/h2-3,6,12,16H,4-5,7-9H2,1H3,(H,17,18). The van der Waals surface area contributed by atoms with Gasteiger partial charge >= 0.3 is 5.97 Å². The first kappa shape index (κ1) is 13.8. The van der Waals surface area contributed by atoms with Crippen LogP contribution >= 0.6 is 0 Å². The lowest BCUT2D eigenvalue weighted by molar-refractivity contribution is -0.142. The molecule has 0 bridgehead atoms. The van der Waals surface area contributed by atoms with Crippen LogP contribution in [-0.2, 0) is 16.1 Å². The van der Waals surface area contributed by atoms with Crippen molar-refractivity contribution in [1.29, 1.82) is 0 Å². The van der Waals surface area contributed by atoms with Gasteiger partial charge in [0, 0.05) is 25.2 Å². The van der Waals surface area contributed by atoms with Gasteiger partial charge in [0.15, 0.2) is 0 Å². The van der Waals surface area contributed by atoms with Crippen LogP contribution in [0.2, 0.25) is 0 Å². The van der Waals surface area contributed by atoms with Crippen LogP contribution in [-0.4, -0.2) is 46.9 Å². The SMILES string of the molecule is Cc1ccc(O)c(CN2CCOC(CC(=O)O)C2)c1. The molecule has 5 nitrogen and oxygen atoms in total. The van der Waals surface area contributed by atoms with E-state index in [1.165, 1.54) is 0 Å². The quantitative estimate of drug-likeness (QED) is 0.860. The summed E-state index contributed by atoms with van der Waals surface area (Å²) in [4.78, 5) is 12.8. The lowest BCUT2D eigenvalue weighted by Gasteiger charge is -2.32. The molecule has 0 saturated carbocycles. The summed E-state index contributed by atoms with van der Waals surface area (Å²) in [5.41, 5.74) is 1.97. The Kier molecular flexibility index (Phi) is 4.39. The summed E-state index contributed by atoms with van der Waals surface area (Å²) in [6, 6.07) is 5.52. The topological polar surface area (TPSA) is 70.0 Å². The van der Waals surface area contributed by atoms with Gasteiger partial charge < -0.3 is 14.9 Å². The third-order valence-electron chi connectivity index (χ3n) is 3.25. The van der Waals surface area contributed by atoms with Crippen molar-refractivity contribution in [2.45, 2.75) is 26.0 Å². The minimum atomic E-state index is -0.842. The number of phenolic OH excluding ortho intramolecular Hbond substituents is 1. The number of aliphatic carboxylic acids is 1. The number of carboxylic acids is 1. The summed E-state index contributed by atoms with van der Waals surface area (Å²) in [6.45, 7) is 4.47. The summed E-state index contributed by atoms with van der Waals surface area (Å²) in [5.74, 6) is -0.558. The number of aryl methyl sites for hydroxylation is 1. The van der Waals surface area contributed by atoms with Crippen LogP contribution in [0.4, 0.5) is 0 Å². The molecule has 1 aliphatic rings. The van der Waals surface area contributed by atoms with Crippen molar-refractivity contribution in [3.8, 4) is 5.75 Å². The molecular formula is C14H19NO4. The Labute approximate surface area is 112 Å². The molecule has 5 heteroatoms. The Morgan fingerprint density at radius 3 is 3.05 bits per heavy atom. The highest BCUT2D eigenvalue weighted by Crippen LogP contribution is 2.21. The van der Waals surface area contributed by atoms with Gasteiger partial charge in [0.1, 0.15) is 5.75 Å². The second kappa shape index (κ2) is 6.04. The molecule has 1 atom stereocenters. The van der Waals surface area contributed by atoms with Crippen molar-refractivity contribution in [3.63, 3.8) is 0 Å². The number of morpholine rings is 1. The Balaban J connectivity index is 1.98. The van der Waals surface area contributed by atoms with Gasteiger partial charge in [-0.3, -0.25) is 9.69 Å². The van der Waals surface area contributed by atoms with Crippen molar-refractivity contribution < 1.29 is 19.7 Å². The van der Waals surface area contributed by atoms with Crippen molar-refractivity contribution in [1.82, 2.24) is 4.90 Å². The first-order valence-electron chi connectivity index (χ1n) is 6.39. The number of rotatable bonds is 4. The molecule has 0 aliphatic carbocycles. The van der Waals surface area contributed by atoms with Crippen LogP contribution in [0.3, 0.4) is 0 Å². The second-order valence-electron chi connectivity index (χ2n) is 4.96. The van der Waals surface area contributed by atoms with Crippen molar-refractivity contribution >= 4 is 5.97 Å². The highest BCUT2D eigenvalue weighted by atomic mass is 16.5. The third-order valence-corrected chi connectivity index (χ3v) is 3.25. The molecule has 1 saturated heterocycles. The number of nitrogens with zero attached hydrogens (tertiary/aromatic N) is 1. The number of benzene rings is 1. The van der Waals surface area contributed by atoms with Crippen LogP contribution in [0.15, 0.2) is 18.2 Å². The van der Waals surface area contributed by atoms with Crippen molar-refractivity contribution in [3.05, 3.63) is 29.3 Å². The van der Waals surface area contributed by atoms with E-state index in [0.29, 0.717) is 19.7 Å². The second-order valence-corrected chi connectivity index (χ2v) is 4.96. The van der Waals surface area contributed by atoms with E-state index in [2.05, 4.69) is 4.90 Å². The molecule has 0 aromatic heterocycles. The van der Waals surface area contributed by atoms with Crippen LogP contribution in [0.1, 0.15) is 17.5 Å². The molecule has 1 aromatic rings. The predicted octanol–water partition coefficient (Wildman–Crippen LogP) is 1.38. The Bertz CT molecular complexity index is 461. The molecule has 2 N–H and O–H groups in total. The summed E-state index contributed by atoms with van der Waals surface area (Å²) in [7, 11) is 0. The Morgan fingerprint density at radius 1 is 1.53 bits per heavy atom. The molecule has 1 fully saturated rings. The summed E-state index contributed by atoms with van der Waals surface area (Å²) < 4.78 is 5.43. The number of carbonyl (C=O) groups is 1. The maximum atomic E-state index is 10.7. The van der Waals surface area contributed by atoms with E-state index in [-0.39, 0.29) is 18.3 Å². The number of phenols is 1. The Morgan fingerprint density at radius 2 is 2.32 bits per heavy atom. The summed E-state index contributed by atoms with van der Waals surface area (Å²) in [6.07, 6.45) is -0.241. The Hall–Kier alpha value is -1.59. The summed E-state index contributed by atoms with van der Waals surface area (Å²) >= 11 is 0. The van der Waals surface area contributed by atoms with Gasteiger partial charge in [0.25, 0.3) is 0 Å². The van der Waals surface area contributed by atoms with E-state index in [1.807, 2.05) is 19.1 Å². The fraction of sp³-hybridized carbons (Fsp3) is 0.500. The fourth-order valence-corrected chi connectivity index (χ4v) is 2.32. The monoisotopic (exact) mass is 265 g/mol. The van der Waals surface area contributed by atoms with Crippen LogP contribution in [0.25, 0.3) is 0 Å². The van der Waals surface area contributed by atoms with Gasteiger partial charge in [-0.05, 0) is 13.0 Å². The largest absolute Gasteiger partial charge is 0.508 e. The molecule has 1 unspecified atom stereocenters. The molecule has 104 valence electrons. The molecular weight excluding hydrogens is 246 g/mol. The lowest BCUT2D eigenvalue weighted by atomic mass is 10.1. The summed E-state index contributed by atoms with van der Waals surface area (Å²) in [5, 5.41) is 18.6. The number of hydrogen-bond donors (Lipinski definition) is 2. The minimum Gasteiger partial charge on any atom is -0.508 e. The molecule has 2 rings (SSSR count). The number of carboxylic acid groups (broad SMARTS) is 1. The van der Waals surface area contributed by atoms with E-state index < -0.39 is 5.97 Å². The highest BCUT2D eigenvalue weighted by molar-refractivity contribution is 5.67. The van der Waals surface area contributed by atoms with Crippen LogP contribution in [0, 0.1) is 6.92 Å². The normalized spacial score (nSPS) is 20.4. The van der Waals surface area contributed by atoms with E-state index in [4.69, 9.17) is 9.84 Å². The van der Waals surface area contributed by atoms with Gasteiger partial charge in [-0.15, -0.1) is 0 Å². The molecule has 1 aromatic carbocycles. The van der Waals surface area contributed by atoms with E-state index in [1.54, 1.807) is 6.07 Å². The average molecular weight is 265 g/mol. The van der Waals surface area contributed by atoms with Gasteiger partial charge in [0.05, 0.1) is 19.1 Å². The lowest BCUT2D eigenvalue weighted by Crippen LogP contribution is -2.42. The molecule has 1 heterocycles. The van der Waals surface area contributed by atoms with E-state index >= 15 is 0 Å². The van der Waals surface area contributed by atoms with Crippen LogP contribution < -0.4 is 0 Å². The van der Waals surface area contributed by atoms with Gasteiger partial charge in [0.2, 0.25) is 0 Å². The zero-order valence-electron chi connectivity index (χ0n) is 11.0. The maximum absolute atomic E-state index is 10.7. The molecule has 0 radical (unpaired) electrons.